The van der Waals surface area contributed by atoms with Gasteiger partial charge >= 0.3 is 6.18 Å². The highest BCUT2D eigenvalue weighted by atomic mass is 19.4. The van der Waals surface area contributed by atoms with E-state index in [0.717, 1.165) is 44.6 Å². The molecule has 0 aliphatic carbocycles. The van der Waals surface area contributed by atoms with Crippen LogP contribution in [-0.2, 0) is 10.9 Å². The normalized spacial score (nSPS) is 21.7. The van der Waals surface area contributed by atoms with Gasteiger partial charge in [0.05, 0.1) is 18.3 Å². The van der Waals surface area contributed by atoms with Gasteiger partial charge in [-0.25, -0.2) is 0 Å². The summed E-state index contributed by atoms with van der Waals surface area (Å²) in [6.07, 6.45) is 1.34. The molecule has 148 valence electrons. The van der Waals surface area contributed by atoms with E-state index in [0.29, 0.717) is 12.5 Å². The first-order chi connectivity index (χ1) is 12.4. The van der Waals surface area contributed by atoms with Crippen LogP contribution in [0.2, 0.25) is 0 Å². The Morgan fingerprint density at radius 2 is 2.04 bits per heavy atom. The number of halogens is 3. The van der Waals surface area contributed by atoms with E-state index in [9.17, 15) is 13.2 Å². The van der Waals surface area contributed by atoms with Crippen LogP contribution in [0.25, 0.3) is 0 Å². The Labute approximate surface area is 154 Å². The van der Waals surface area contributed by atoms with Crippen molar-refractivity contribution in [2.45, 2.75) is 51.3 Å². The summed E-state index contributed by atoms with van der Waals surface area (Å²) in [5.41, 5.74) is -0.676. The van der Waals surface area contributed by atoms with E-state index in [-0.39, 0.29) is 11.9 Å². The molecule has 0 radical (unpaired) electrons. The summed E-state index contributed by atoms with van der Waals surface area (Å²) in [5, 5.41) is 0. The third-order valence-electron chi connectivity index (χ3n) is 5.08. The molecule has 1 aliphatic heterocycles. The van der Waals surface area contributed by atoms with Crippen molar-refractivity contribution in [3.63, 3.8) is 0 Å². The van der Waals surface area contributed by atoms with E-state index in [1.807, 2.05) is 0 Å². The summed E-state index contributed by atoms with van der Waals surface area (Å²) in [6, 6.07) is 5.07. The highest BCUT2D eigenvalue weighted by Crippen LogP contribution is 2.31. The average molecular weight is 373 g/mol. The number of nitrogens with zero attached hydrogens (tertiary/aromatic N) is 1. The van der Waals surface area contributed by atoms with Crippen LogP contribution >= 0.6 is 0 Å². The molecular weight excluding hydrogens is 343 g/mol. The minimum atomic E-state index is -4.34. The Bertz CT molecular complexity index is 536. The Morgan fingerprint density at radius 3 is 2.73 bits per heavy atom. The van der Waals surface area contributed by atoms with E-state index in [2.05, 4.69) is 11.8 Å². The first-order valence-corrected chi connectivity index (χ1v) is 9.49. The van der Waals surface area contributed by atoms with Crippen molar-refractivity contribution in [3.8, 4) is 5.75 Å². The minimum absolute atomic E-state index is 0.162. The fraction of sp³-hybridized carbons (Fsp3) is 0.700. The molecule has 0 N–H and O–H groups in total. The Balaban J connectivity index is 1.78. The number of hydrogen-bond donors (Lipinski definition) is 0. The largest absolute Gasteiger partial charge is 0.494 e. The van der Waals surface area contributed by atoms with Crippen molar-refractivity contribution < 1.29 is 22.6 Å². The number of piperidine rings is 1. The number of likely N-dealkylation sites (tertiary alicyclic amines) is 1. The summed E-state index contributed by atoms with van der Waals surface area (Å²) in [7, 11) is 1.74. The van der Waals surface area contributed by atoms with Crippen molar-refractivity contribution >= 4 is 0 Å². The predicted octanol–water partition coefficient (Wildman–Crippen LogP) is 5.00. The molecule has 1 aromatic carbocycles. The van der Waals surface area contributed by atoms with Gasteiger partial charge in [0.15, 0.2) is 0 Å². The van der Waals surface area contributed by atoms with E-state index in [1.165, 1.54) is 25.3 Å². The predicted molar refractivity (Wildman–Crippen MR) is 96.4 cm³/mol. The molecule has 6 heteroatoms. The number of hydrogen-bond acceptors (Lipinski definition) is 3. The molecule has 2 rings (SSSR count). The van der Waals surface area contributed by atoms with E-state index < -0.39 is 11.7 Å². The average Bonchev–Trinajstić information content (AvgIpc) is 2.62. The topological polar surface area (TPSA) is 21.7 Å². The monoisotopic (exact) mass is 373 g/mol. The highest BCUT2D eigenvalue weighted by molar-refractivity contribution is 5.30. The zero-order valence-corrected chi connectivity index (χ0v) is 15.7. The molecule has 0 bridgehead atoms. The smallest absolute Gasteiger partial charge is 0.416 e. The SMILES string of the molecule is CCCCCN1CC[C@H](CCOc2cccc(C(F)(F)F)c2)[C@@H](OC)C1. The molecule has 1 heterocycles. The second kappa shape index (κ2) is 10.2. The van der Waals surface area contributed by atoms with Crippen LogP contribution in [0.3, 0.4) is 0 Å². The number of rotatable bonds is 9. The maximum Gasteiger partial charge on any atom is 0.416 e. The summed E-state index contributed by atoms with van der Waals surface area (Å²) in [4.78, 5) is 2.45. The Morgan fingerprint density at radius 1 is 1.23 bits per heavy atom. The number of benzene rings is 1. The van der Waals surface area contributed by atoms with Crippen molar-refractivity contribution in [1.82, 2.24) is 4.90 Å². The van der Waals surface area contributed by atoms with Crippen LogP contribution in [0.4, 0.5) is 13.2 Å². The molecular formula is C20H30F3NO2. The van der Waals surface area contributed by atoms with Crippen LogP contribution in [0.15, 0.2) is 24.3 Å². The van der Waals surface area contributed by atoms with Gasteiger partial charge in [0.25, 0.3) is 0 Å². The molecule has 0 spiro atoms. The lowest BCUT2D eigenvalue weighted by atomic mass is 9.90. The number of alkyl halides is 3. The maximum atomic E-state index is 12.7. The van der Waals surface area contributed by atoms with Gasteiger partial charge in [-0.2, -0.15) is 13.2 Å². The molecule has 0 saturated carbocycles. The zero-order chi connectivity index (χ0) is 19.0. The van der Waals surface area contributed by atoms with E-state index >= 15 is 0 Å². The van der Waals surface area contributed by atoms with E-state index in [4.69, 9.17) is 9.47 Å². The molecule has 0 unspecified atom stereocenters. The van der Waals surface area contributed by atoms with E-state index in [1.54, 1.807) is 13.2 Å². The molecule has 26 heavy (non-hydrogen) atoms. The van der Waals surface area contributed by atoms with Crippen molar-refractivity contribution in [1.29, 1.82) is 0 Å². The van der Waals surface area contributed by atoms with Gasteiger partial charge in [0, 0.05) is 13.7 Å². The second-order valence-electron chi connectivity index (χ2n) is 6.99. The molecule has 1 fully saturated rings. The third kappa shape index (κ3) is 6.47. The van der Waals surface area contributed by atoms with Crippen LogP contribution < -0.4 is 4.74 Å². The molecule has 1 aromatic rings. The standard InChI is InChI=1S/C20H30F3NO2/c1-3-4-5-11-24-12-9-16(19(15-24)25-2)10-13-26-18-8-6-7-17(14-18)20(21,22)23/h6-8,14,16,19H,3-5,9-13,15H2,1-2H3/t16-,19+/m1/s1. The number of ether oxygens (including phenoxy) is 2. The summed E-state index contributed by atoms with van der Waals surface area (Å²) < 4.78 is 49.5. The summed E-state index contributed by atoms with van der Waals surface area (Å²) in [6.45, 7) is 5.70. The zero-order valence-electron chi connectivity index (χ0n) is 15.7. The lowest BCUT2D eigenvalue weighted by molar-refractivity contribution is -0.137. The van der Waals surface area contributed by atoms with Crippen LogP contribution in [0, 0.1) is 5.92 Å². The quantitative estimate of drug-likeness (QED) is 0.569. The first kappa shape index (κ1) is 21.0. The van der Waals surface area contributed by atoms with Gasteiger partial charge in [-0.15, -0.1) is 0 Å². The molecule has 1 saturated heterocycles. The number of unbranched alkanes of at least 4 members (excludes halogenated alkanes) is 2. The van der Waals surface area contributed by atoms with Crippen LogP contribution in [-0.4, -0.2) is 44.4 Å². The Kier molecular flexibility index (Phi) is 8.22. The van der Waals surface area contributed by atoms with Gasteiger partial charge in [-0.3, -0.25) is 0 Å². The fourth-order valence-electron chi connectivity index (χ4n) is 3.51. The molecule has 0 aromatic heterocycles. The van der Waals surface area contributed by atoms with Gasteiger partial charge in [-0.05, 0) is 56.5 Å². The highest BCUT2D eigenvalue weighted by Gasteiger charge is 2.31. The maximum absolute atomic E-state index is 12.7. The minimum Gasteiger partial charge on any atom is -0.494 e. The van der Waals surface area contributed by atoms with Gasteiger partial charge < -0.3 is 14.4 Å². The number of methoxy groups -OCH3 is 1. The van der Waals surface area contributed by atoms with Crippen LogP contribution in [0.1, 0.15) is 44.6 Å². The third-order valence-corrected chi connectivity index (χ3v) is 5.08. The van der Waals surface area contributed by atoms with Crippen molar-refractivity contribution in [2.24, 2.45) is 5.92 Å². The summed E-state index contributed by atoms with van der Waals surface area (Å²) in [5.74, 6) is 0.652. The molecule has 0 amide bonds. The fourth-order valence-corrected chi connectivity index (χ4v) is 3.51. The van der Waals surface area contributed by atoms with Gasteiger partial charge in [0.2, 0.25) is 0 Å². The van der Waals surface area contributed by atoms with Crippen molar-refractivity contribution in [2.75, 3.05) is 33.4 Å². The molecule has 2 atom stereocenters. The van der Waals surface area contributed by atoms with Gasteiger partial charge in [-0.1, -0.05) is 25.8 Å². The van der Waals surface area contributed by atoms with Crippen molar-refractivity contribution in [3.05, 3.63) is 29.8 Å². The Hall–Kier alpha value is -1.27. The second-order valence-corrected chi connectivity index (χ2v) is 6.99. The molecule has 1 aliphatic rings. The van der Waals surface area contributed by atoms with Crippen LogP contribution in [0.5, 0.6) is 5.75 Å². The first-order valence-electron chi connectivity index (χ1n) is 9.49. The molecule has 3 nitrogen and oxygen atoms in total. The van der Waals surface area contributed by atoms with Gasteiger partial charge in [0.1, 0.15) is 5.75 Å². The summed E-state index contributed by atoms with van der Waals surface area (Å²) >= 11 is 0. The lowest BCUT2D eigenvalue weighted by Gasteiger charge is -2.37. The lowest BCUT2D eigenvalue weighted by Crippen LogP contribution is -2.45.